The Morgan fingerprint density at radius 2 is 2.33 bits per heavy atom. The van der Waals surface area contributed by atoms with Crippen molar-refractivity contribution in [2.24, 2.45) is 5.92 Å². The molecule has 0 aromatic carbocycles. The monoisotopic (exact) mass is 270 g/mol. The summed E-state index contributed by atoms with van der Waals surface area (Å²) in [6, 6.07) is 5.84. The molecule has 1 aromatic rings. The Balaban J connectivity index is 1.73. The van der Waals surface area contributed by atoms with Crippen LogP contribution in [0.3, 0.4) is 0 Å². The molecule has 0 saturated heterocycles. The molecule has 0 spiro atoms. The maximum Gasteiger partial charge on any atom is 0.106 e. The average Bonchev–Trinajstić information content (AvgIpc) is 3.00. The minimum absolute atomic E-state index is 0.183. The molecule has 0 bridgehead atoms. The molecule has 2 N–H and O–H groups in total. The van der Waals surface area contributed by atoms with Crippen LogP contribution in [0.4, 0.5) is 0 Å². The second kappa shape index (κ2) is 5.05. The van der Waals surface area contributed by atoms with Crippen LogP contribution in [0.5, 0.6) is 0 Å². The number of nitrogens with one attached hydrogen (secondary N) is 1. The molecule has 0 aliphatic heterocycles. The van der Waals surface area contributed by atoms with Crippen molar-refractivity contribution in [3.05, 3.63) is 28.5 Å². The largest absolute Gasteiger partial charge is 0.392 e. The number of rotatable bonds is 5. The van der Waals surface area contributed by atoms with Gasteiger partial charge in [-0.2, -0.15) is 0 Å². The fraction of sp³-hybridized carbons (Fsp3) is 0.545. The topological polar surface area (TPSA) is 45.1 Å². The molecule has 0 radical (unpaired) electrons. The van der Waals surface area contributed by atoms with Crippen LogP contribution in [0.15, 0.2) is 22.8 Å². The van der Waals surface area contributed by atoms with Crippen LogP contribution in [-0.2, 0) is 6.54 Å². The Bertz CT molecular complexity index is 328. The molecule has 1 unspecified atom stereocenters. The van der Waals surface area contributed by atoms with Gasteiger partial charge in [0.1, 0.15) is 4.60 Å². The number of nitrogens with zero attached hydrogens (tertiary/aromatic N) is 1. The first-order chi connectivity index (χ1) is 7.25. The lowest BCUT2D eigenvalue weighted by Crippen LogP contribution is -2.28. The normalized spacial score (nSPS) is 17.7. The fourth-order valence-electron chi connectivity index (χ4n) is 1.54. The fourth-order valence-corrected chi connectivity index (χ4v) is 1.92. The zero-order valence-corrected chi connectivity index (χ0v) is 10.1. The lowest BCUT2D eigenvalue weighted by Gasteiger charge is -2.10. The van der Waals surface area contributed by atoms with Gasteiger partial charge < -0.3 is 10.4 Å². The smallest absolute Gasteiger partial charge is 0.106 e. The second-order valence-electron chi connectivity index (χ2n) is 3.99. The molecule has 15 heavy (non-hydrogen) atoms. The highest BCUT2D eigenvalue weighted by Gasteiger charge is 2.28. The molecule has 0 amide bonds. The van der Waals surface area contributed by atoms with Crippen molar-refractivity contribution in [3.63, 3.8) is 0 Å². The summed E-state index contributed by atoms with van der Waals surface area (Å²) in [7, 11) is 0. The van der Waals surface area contributed by atoms with Gasteiger partial charge in [0.05, 0.1) is 11.8 Å². The van der Waals surface area contributed by atoms with Gasteiger partial charge in [-0.1, -0.05) is 6.07 Å². The molecule has 1 atom stereocenters. The highest BCUT2D eigenvalue weighted by Crippen LogP contribution is 2.32. The number of hydrogen-bond acceptors (Lipinski definition) is 3. The van der Waals surface area contributed by atoms with E-state index in [1.54, 1.807) is 0 Å². The van der Waals surface area contributed by atoms with E-state index in [4.69, 9.17) is 0 Å². The lowest BCUT2D eigenvalue weighted by molar-refractivity contribution is 0.148. The number of aliphatic hydroxyl groups excluding tert-OH is 1. The van der Waals surface area contributed by atoms with Gasteiger partial charge in [-0.25, -0.2) is 4.98 Å². The van der Waals surface area contributed by atoms with E-state index in [-0.39, 0.29) is 6.10 Å². The Hall–Kier alpha value is -0.450. The lowest BCUT2D eigenvalue weighted by atomic mass is 10.2. The van der Waals surface area contributed by atoms with Crippen LogP contribution in [0.1, 0.15) is 18.5 Å². The van der Waals surface area contributed by atoms with Crippen molar-refractivity contribution in [2.45, 2.75) is 25.5 Å². The first kappa shape index (κ1) is 11.0. The van der Waals surface area contributed by atoms with Crippen LogP contribution in [-0.4, -0.2) is 22.7 Å². The molecule has 1 aromatic heterocycles. The van der Waals surface area contributed by atoms with Gasteiger partial charge in [0.25, 0.3) is 0 Å². The molecule has 2 rings (SSSR count). The highest BCUT2D eigenvalue weighted by atomic mass is 79.9. The van der Waals surface area contributed by atoms with Crippen LogP contribution in [0.25, 0.3) is 0 Å². The number of aliphatic hydroxyl groups is 1. The third kappa shape index (κ3) is 3.55. The standard InChI is InChI=1S/C11H15BrN2O/c12-11-3-1-2-9(14-11)6-13-7-10(15)8-4-5-8/h1-3,8,10,13,15H,4-7H2. The van der Waals surface area contributed by atoms with Gasteiger partial charge >= 0.3 is 0 Å². The van der Waals surface area contributed by atoms with E-state index in [0.29, 0.717) is 19.0 Å². The van der Waals surface area contributed by atoms with Crippen molar-refractivity contribution in [2.75, 3.05) is 6.54 Å². The quantitative estimate of drug-likeness (QED) is 0.801. The zero-order valence-electron chi connectivity index (χ0n) is 8.49. The summed E-state index contributed by atoms with van der Waals surface area (Å²) in [5.74, 6) is 0.535. The van der Waals surface area contributed by atoms with Gasteiger partial charge in [0.15, 0.2) is 0 Å². The van der Waals surface area contributed by atoms with Gasteiger partial charge in [0.2, 0.25) is 0 Å². The van der Waals surface area contributed by atoms with Gasteiger partial charge in [-0.15, -0.1) is 0 Å². The summed E-state index contributed by atoms with van der Waals surface area (Å²) >= 11 is 3.33. The van der Waals surface area contributed by atoms with Crippen LogP contribution in [0, 0.1) is 5.92 Å². The molecule has 1 saturated carbocycles. The maximum absolute atomic E-state index is 9.63. The Labute approximate surface area is 98.0 Å². The van der Waals surface area contributed by atoms with Crippen LogP contribution < -0.4 is 5.32 Å². The van der Waals surface area contributed by atoms with Crippen LogP contribution in [0.2, 0.25) is 0 Å². The summed E-state index contributed by atoms with van der Waals surface area (Å²) < 4.78 is 0.851. The maximum atomic E-state index is 9.63. The highest BCUT2D eigenvalue weighted by molar-refractivity contribution is 9.10. The van der Waals surface area contributed by atoms with E-state index in [1.165, 1.54) is 12.8 Å². The predicted molar refractivity (Wildman–Crippen MR) is 62.4 cm³/mol. The van der Waals surface area contributed by atoms with Gasteiger partial charge in [-0.3, -0.25) is 0 Å². The average molecular weight is 271 g/mol. The molecule has 1 fully saturated rings. The van der Waals surface area contributed by atoms with E-state index >= 15 is 0 Å². The molecular formula is C11H15BrN2O. The van der Waals surface area contributed by atoms with Crippen molar-refractivity contribution in [1.82, 2.24) is 10.3 Å². The zero-order chi connectivity index (χ0) is 10.7. The molecule has 1 heterocycles. The summed E-state index contributed by atoms with van der Waals surface area (Å²) in [6.45, 7) is 1.38. The van der Waals surface area contributed by atoms with Crippen molar-refractivity contribution >= 4 is 15.9 Å². The minimum atomic E-state index is -0.183. The summed E-state index contributed by atoms with van der Waals surface area (Å²) in [4.78, 5) is 4.30. The molecule has 3 nitrogen and oxygen atoms in total. The Morgan fingerprint density at radius 3 is 3.00 bits per heavy atom. The van der Waals surface area contributed by atoms with E-state index in [9.17, 15) is 5.11 Å². The first-order valence-electron chi connectivity index (χ1n) is 5.26. The van der Waals surface area contributed by atoms with E-state index in [0.717, 1.165) is 10.3 Å². The first-order valence-corrected chi connectivity index (χ1v) is 6.05. The van der Waals surface area contributed by atoms with Crippen molar-refractivity contribution in [3.8, 4) is 0 Å². The van der Waals surface area contributed by atoms with Gasteiger partial charge in [-0.05, 0) is 46.8 Å². The number of aromatic nitrogens is 1. The van der Waals surface area contributed by atoms with Gasteiger partial charge in [0, 0.05) is 13.1 Å². The Morgan fingerprint density at radius 1 is 1.53 bits per heavy atom. The third-order valence-electron chi connectivity index (χ3n) is 2.60. The molecule has 82 valence electrons. The van der Waals surface area contributed by atoms with Crippen LogP contribution >= 0.6 is 15.9 Å². The second-order valence-corrected chi connectivity index (χ2v) is 4.80. The SMILES string of the molecule is OC(CNCc1cccc(Br)n1)C1CC1. The van der Waals surface area contributed by atoms with E-state index in [2.05, 4.69) is 26.2 Å². The molecule has 1 aliphatic carbocycles. The van der Waals surface area contributed by atoms with E-state index in [1.807, 2.05) is 18.2 Å². The molecule has 4 heteroatoms. The summed E-state index contributed by atoms with van der Waals surface area (Å²) in [5.41, 5.74) is 0.993. The van der Waals surface area contributed by atoms with Crippen molar-refractivity contribution in [1.29, 1.82) is 0 Å². The minimum Gasteiger partial charge on any atom is -0.392 e. The molecule has 1 aliphatic rings. The van der Waals surface area contributed by atoms with E-state index < -0.39 is 0 Å². The third-order valence-corrected chi connectivity index (χ3v) is 3.04. The number of hydrogen-bond donors (Lipinski definition) is 2. The summed E-state index contributed by atoms with van der Waals surface area (Å²) in [6.07, 6.45) is 2.17. The predicted octanol–water partition coefficient (Wildman–Crippen LogP) is 1.70. The Kier molecular flexibility index (Phi) is 3.72. The summed E-state index contributed by atoms with van der Waals surface area (Å²) in [5, 5.41) is 12.8. The number of pyridine rings is 1. The van der Waals surface area contributed by atoms with Crippen molar-refractivity contribution < 1.29 is 5.11 Å². The molecular weight excluding hydrogens is 256 g/mol. The number of halogens is 1.